The van der Waals surface area contributed by atoms with Gasteiger partial charge in [-0.15, -0.1) is 0 Å². The standard InChI is InChI=1S/C14H20BrN3O2/c1-16-8-7-12-4-2-3-9-17(12)13-6-5-11(15)10-14(13)18(19)20/h5-6,10,12,16H,2-4,7-9H2,1H3. The van der Waals surface area contributed by atoms with Gasteiger partial charge in [-0.3, -0.25) is 10.1 Å². The first-order chi connectivity index (χ1) is 9.63. The van der Waals surface area contributed by atoms with Gasteiger partial charge < -0.3 is 10.2 Å². The van der Waals surface area contributed by atoms with Crippen LogP contribution in [0.15, 0.2) is 22.7 Å². The van der Waals surface area contributed by atoms with Crippen molar-refractivity contribution in [2.75, 3.05) is 25.0 Å². The summed E-state index contributed by atoms with van der Waals surface area (Å²) in [6.45, 7) is 1.84. The Bertz CT molecular complexity index is 481. The van der Waals surface area contributed by atoms with E-state index in [0.29, 0.717) is 6.04 Å². The summed E-state index contributed by atoms with van der Waals surface area (Å²) in [6.07, 6.45) is 4.43. The van der Waals surface area contributed by atoms with Crippen LogP contribution in [-0.4, -0.2) is 31.1 Å². The summed E-state index contributed by atoms with van der Waals surface area (Å²) in [7, 11) is 1.94. The second kappa shape index (κ2) is 7.04. The molecule has 6 heteroatoms. The predicted molar refractivity (Wildman–Crippen MR) is 84.3 cm³/mol. The third-order valence-electron chi connectivity index (χ3n) is 3.80. The van der Waals surface area contributed by atoms with Crippen LogP contribution < -0.4 is 10.2 Å². The van der Waals surface area contributed by atoms with Crippen LogP contribution in [0.4, 0.5) is 11.4 Å². The maximum absolute atomic E-state index is 11.3. The molecule has 2 rings (SSSR count). The van der Waals surface area contributed by atoms with Crippen LogP contribution in [0.1, 0.15) is 25.7 Å². The number of rotatable bonds is 5. The molecule has 0 spiro atoms. The van der Waals surface area contributed by atoms with Gasteiger partial charge in [0.15, 0.2) is 0 Å². The molecule has 1 heterocycles. The van der Waals surface area contributed by atoms with E-state index in [1.54, 1.807) is 6.07 Å². The molecule has 110 valence electrons. The molecule has 1 saturated heterocycles. The normalized spacial score (nSPS) is 19.1. The number of nitro groups is 1. The number of anilines is 1. The molecule has 1 aromatic rings. The number of benzene rings is 1. The van der Waals surface area contributed by atoms with Crippen molar-refractivity contribution in [3.05, 3.63) is 32.8 Å². The first-order valence-corrected chi connectivity index (χ1v) is 7.78. The Labute approximate surface area is 127 Å². The number of nitrogens with one attached hydrogen (secondary N) is 1. The Morgan fingerprint density at radius 3 is 3.00 bits per heavy atom. The van der Waals surface area contributed by atoms with E-state index < -0.39 is 0 Å². The third-order valence-corrected chi connectivity index (χ3v) is 4.29. The quantitative estimate of drug-likeness (QED) is 0.659. The Kier molecular flexibility index (Phi) is 5.37. The lowest BCUT2D eigenvalue weighted by Crippen LogP contribution is -2.41. The minimum absolute atomic E-state index is 0.190. The van der Waals surface area contributed by atoms with Crippen molar-refractivity contribution >= 4 is 27.3 Å². The maximum Gasteiger partial charge on any atom is 0.293 e. The van der Waals surface area contributed by atoms with E-state index in [2.05, 4.69) is 26.1 Å². The molecule has 0 bridgehead atoms. The molecule has 0 amide bonds. The van der Waals surface area contributed by atoms with E-state index in [0.717, 1.165) is 42.5 Å². The largest absolute Gasteiger partial charge is 0.363 e. The number of hydrogen-bond acceptors (Lipinski definition) is 4. The van der Waals surface area contributed by atoms with Gasteiger partial charge in [0, 0.05) is 23.1 Å². The summed E-state index contributed by atoms with van der Waals surface area (Å²) in [4.78, 5) is 13.2. The zero-order chi connectivity index (χ0) is 14.5. The van der Waals surface area contributed by atoms with Crippen LogP contribution in [0.5, 0.6) is 0 Å². The van der Waals surface area contributed by atoms with Gasteiger partial charge in [0.1, 0.15) is 5.69 Å². The van der Waals surface area contributed by atoms with Gasteiger partial charge in [0.25, 0.3) is 5.69 Å². The second-order valence-corrected chi connectivity index (χ2v) is 6.04. The molecule has 5 nitrogen and oxygen atoms in total. The van der Waals surface area contributed by atoms with E-state index in [1.165, 1.54) is 6.42 Å². The maximum atomic E-state index is 11.3. The fourth-order valence-electron chi connectivity index (χ4n) is 2.81. The van der Waals surface area contributed by atoms with Crippen molar-refractivity contribution < 1.29 is 4.92 Å². The van der Waals surface area contributed by atoms with Crippen molar-refractivity contribution in [3.8, 4) is 0 Å². The van der Waals surface area contributed by atoms with Crippen LogP contribution in [0, 0.1) is 10.1 Å². The molecular weight excluding hydrogens is 322 g/mol. The fourth-order valence-corrected chi connectivity index (χ4v) is 3.16. The molecule has 1 aliphatic rings. The Morgan fingerprint density at radius 2 is 2.30 bits per heavy atom. The number of piperidine rings is 1. The topological polar surface area (TPSA) is 58.4 Å². The monoisotopic (exact) mass is 341 g/mol. The van der Waals surface area contributed by atoms with Crippen LogP contribution in [0.25, 0.3) is 0 Å². The SMILES string of the molecule is CNCCC1CCCCN1c1ccc(Br)cc1[N+](=O)[O-]. The molecule has 0 radical (unpaired) electrons. The minimum atomic E-state index is -0.288. The molecular formula is C14H20BrN3O2. The van der Waals surface area contributed by atoms with Gasteiger partial charge in [0.05, 0.1) is 4.92 Å². The van der Waals surface area contributed by atoms with Crippen molar-refractivity contribution in [2.45, 2.75) is 31.7 Å². The third kappa shape index (κ3) is 3.49. The molecule has 1 aromatic carbocycles. The smallest absolute Gasteiger partial charge is 0.293 e. The summed E-state index contributed by atoms with van der Waals surface area (Å²) in [5, 5.41) is 14.4. The Balaban J connectivity index is 2.29. The molecule has 0 saturated carbocycles. The minimum Gasteiger partial charge on any atom is -0.363 e. The van der Waals surface area contributed by atoms with Crippen LogP contribution >= 0.6 is 15.9 Å². The summed E-state index contributed by atoms with van der Waals surface area (Å²) in [6, 6.07) is 5.72. The molecule has 1 N–H and O–H groups in total. The first kappa shape index (κ1) is 15.3. The lowest BCUT2D eigenvalue weighted by molar-refractivity contribution is -0.384. The molecule has 1 unspecified atom stereocenters. The van der Waals surface area contributed by atoms with Gasteiger partial charge in [-0.05, 0) is 51.4 Å². The lowest BCUT2D eigenvalue weighted by Gasteiger charge is -2.37. The Hall–Kier alpha value is -1.14. The molecule has 20 heavy (non-hydrogen) atoms. The number of nitro benzene ring substituents is 1. The zero-order valence-corrected chi connectivity index (χ0v) is 13.2. The average molecular weight is 342 g/mol. The van der Waals surface area contributed by atoms with Crippen molar-refractivity contribution in [1.82, 2.24) is 5.32 Å². The highest BCUT2D eigenvalue weighted by Crippen LogP contribution is 2.35. The van der Waals surface area contributed by atoms with Gasteiger partial charge >= 0.3 is 0 Å². The van der Waals surface area contributed by atoms with Gasteiger partial charge in [-0.25, -0.2) is 0 Å². The number of nitrogens with zero attached hydrogens (tertiary/aromatic N) is 2. The highest BCUT2D eigenvalue weighted by molar-refractivity contribution is 9.10. The summed E-state index contributed by atoms with van der Waals surface area (Å²) in [5.41, 5.74) is 0.940. The number of halogens is 1. The van der Waals surface area contributed by atoms with Crippen molar-refractivity contribution in [2.24, 2.45) is 0 Å². The highest BCUT2D eigenvalue weighted by atomic mass is 79.9. The van der Waals surface area contributed by atoms with E-state index >= 15 is 0 Å². The van der Waals surface area contributed by atoms with Gasteiger partial charge in [-0.2, -0.15) is 0 Å². The predicted octanol–water partition coefficient (Wildman–Crippen LogP) is 3.33. The van der Waals surface area contributed by atoms with Crippen molar-refractivity contribution in [1.29, 1.82) is 0 Å². The number of hydrogen-bond donors (Lipinski definition) is 1. The summed E-state index contributed by atoms with van der Waals surface area (Å²) < 4.78 is 0.747. The molecule has 1 aliphatic heterocycles. The fraction of sp³-hybridized carbons (Fsp3) is 0.571. The zero-order valence-electron chi connectivity index (χ0n) is 11.6. The molecule has 0 aromatic heterocycles. The summed E-state index contributed by atoms with van der Waals surface area (Å²) in [5.74, 6) is 0. The van der Waals surface area contributed by atoms with E-state index in [9.17, 15) is 10.1 Å². The molecule has 0 aliphatic carbocycles. The van der Waals surface area contributed by atoms with E-state index in [1.807, 2.05) is 19.2 Å². The van der Waals surface area contributed by atoms with Crippen LogP contribution in [0.2, 0.25) is 0 Å². The van der Waals surface area contributed by atoms with E-state index in [-0.39, 0.29) is 10.6 Å². The molecule has 1 atom stereocenters. The van der Waals surface area contributed by atoms with Crippen LogP contribution in [-0.2, 0) is 0 Å². The van der Waals surface area contributed by atoms with Gasteiger partial charge in [0.2, 0.25) is 0 Å². The average Bonchev–Trinajstić information content (AvgIpc) is 2.45. The lowest BCUT2D eigenvalue weighted by atomic mass is 9.98. The van der Waals surface area contributed by atoms with Gasteiger partial charge in [-0.1, -0.05) is 15.9 Å². The Morgan fingerprint density at radius 1 is 1.50 bits per heavy atom. The van der Waals surface area contributed by atoms with E-state index in [4.69, 9.17) is 0 Å². The highest BCUT2D eigenvalue weighted by Gasteiger charge is 2.27. The molecule has 1 fully saturated rings. The summed E-state index contributed by atoms with van der Waals surface area (Å²) >= 11 is 3.31. The van der Waals surface area contributed by atoms with Crippen molar-refractivity contribution in [3.63, 3.8) is 0 Å². The van der Waals surface area contributed by atoms with Crippen LogP contribution in [0.3, 0.4) is 0 Å². The second-order valence-electron chi connectivity index (χ2n) is 5.13. The first-order valence-electron chi connectivity index (χ1n) is 6.98.